The van der Waals surface area contributed by atoms with Gasteiger partial charge in [0.25, 0.3) is 0 Å². The molecule has 19 heavy (non-hydrogen) atoms. The molecule has 1 radical (unpaired) electrons. The molecule has 0 aliphatic heterocycles. The molecular weight excluding hydrogens is 425 g/mol. The van der Waals surface area contributed by atoms with Crippen LogP contribution in [-0.4, -0.2) is 20.9 Å². The minimum atomic E-state index is -0.583. The van der Waals surface area contributed by atoms with Gasteiger partial charge < -0.3 is 14.9 Å². The minimum absolute atomic E-state index is 0. The first-order valence-electron chi connectivity index (χ1n) is 5.31. The number of halogens is 1. The second-order valence-electron chi connectivity index (χ2n) is 3.64. The molecule has 0 fully saturated rings. The fraction of sp³-hybridized carbons (Fsp3) is 0.143. The Morgan fingerprint density at radius 1 is 1.42 bits per heavy atom. The van der Waals surface area contributed by atoms with E-state index in [0.29, 0.717) is 5.56 Å². The Balaban J connectivity index is 0.000000576. The number of hydrogen-bond acceptors (Lipinski definition) is 1. The molecule has 1 aromatic heterocycles. The zero-order valence-electron chi connectivity index (χ0n) is 10.5. The molecule has 0 aliphatic rings. The summed E-state index contributed by atoms with van der Waals surface area (Å²) in [6.45, 7) is 2.93. The number of aliphatic carboxylic acids is 1. The molecule has 2 aromatic rings. The van der Waals surface area contributed by atoms with Gasteiger partial charge in [0.1, 0.15) is 0 Å². The Morgan fingerprint density at radius 2 is 2.05 bits per heavy atom. The van der Waals surface area contributed by atoms with Gasteiger partial charge in [0.2, 0.25) is 0 Å². The van der Waals surface area contributed by atoms with Crippen molar-refractivity contribution in [2.75, 3.05) is 0 Å². The smallest absolute Gasteiger partial charge is 0.339 e. The molecule has 103 valence electrons. The molecule has 0 atom stereocenters. The van der Waals surface area contributed by atoms with Crippen LogP contribution in [0, 0.1) is 18.8 Å². The summed E-state index contributed by atoms with van der Waals surface area (Å²) in [5, 5.41) is 7.53. The maximum Gasteiger partial charge on any atom is 0.477 e. The molecule has 0 aliphatic carbocycles. The summed E-state index contributed by atoms with van der Waals surface area (Å²) < 4.78 is 13.0. The van der Waals surface area contributed by atoms with Crippen LogP contribution < -0.4 is 0 Å². The van der Waals surface area contributed by atoms with Gasteiger partial charge in [0.05, 0.1) is 6.92 Å². The molecule has 2 rings (SSSR count). The second kappa shape index (κ2) is 8.51. The standard InChI is InChI=1S/C12H9FN.C2H4O2.Ir/c1-9-8-10(5-6-11(9)13)12-4-2-3-7-14-12;1-2(3)4;/h2-4,6-8H,1H3;1H3,(H,3,4);/q-1;;/p+1. The minimum Gasteiger partial charge on any atom is -0.339 e. The average Bonchev–Trinajstić information content (AvgIpc) is 2.33. The summed E-state index contributed by atoms with van der Waals surface area (Å²) in [5.74, 6) is -0.815. The predicted octanol–water partition coefficient (Wildman–Crippen LogP) is 3.06. The molecule has 1 aromatic carbocycles. The topological polar surface area (TPSA) is 54.5 Å². The van der Waals surface area contributed by atoms with Crippen LogP contribution in [0.3, 0.4) is 0 Å². The Morgan fingerprint density at radius 3 is 2.53 bits per heavy atom. The summed E-state index contributed by atoms with van der Waals surface area (Å²) in [6.07, 6.45) is 1.71. The first kappa shape index (κ1) is 17.4. The number of nitrogens with zero attached hydrogens (tertiary/aromatic N) is 1. The third kappa shape index (κ3) is 6.22. The molecule has 0 bridgehead atoms. The van der Waals surface area contributed by atoms with Crippen LogP contribution in [0.5, 0.6) is 0 Å². The van der Waals surface area contributed by atoms with Crippen molar-refractivity contribution in [2.45, 2.75) is 13.8 Å². The first-order chi connectivity index (χ1) is 8.50. The van der Waals surface area contributed by atoms with E-state index in [0.717, 1.165) is 11.3 Å². The molecule has 0 unspecified atom stereocenters. The van der Waals surface area contributed by atoms with E-state index in [2.05, 4.69) is 11.1 Å². The molecule has 0 amide bonds. The van der Waals surface area contributed by atoms with Gasteiger partial charge in [-0.3, -0.25) is 4.39 Å². The maximum absolute atomic E-state index is 13.0. The van der Waals surface area contributed by atoms with Gasteiger partial charge in [-0.1, -0.05) is 24.6 Å². The van der Waals surface area contributed by atoms with Gasteiger partial charge in [0, 0.05) is 32.1 Å². The fourth-order valence-electron chi connectivity index (χ4n) is 1.25. The van der Waals surface area contributed by atoms with Crippen molar-refractivity contribution in [1.29, 1.82) is 0 Å². The van der Waals surface area contributed by atoms with Crippen molar-refractivity contribution in [3.8, 4) is 11.3 Å². The number of rotatable bonds is 1. The SMILES string of the molecule is CC(O)=[OH+].Cc1cc(-c2ccccn2)[c-]cc1F.[Ir]. The number of benzene rings is 1. The quantitative estimate of drug-likeness (QED) is 0.549. The van der Waals surface area contributed by atoms with E-state index in [1.807, 2.05) is 18.2 Å². The van der Waals surface area contributed by atoms with Gasteiger partial charge in [0.15, 0.2) is 0 Å². The van der Waals surface area contributed by atoms with Crippen molar-refractivity contribution in [1.82, 2.24) is 4.98 Å². The van der Waals surface area contributed by atoms with E-state index in [-0.39, 0.29) is 25.9 Å². The Kier molecular flexibility index (Phi) is 7.80. The molecule has 5 heteroatoms. The van der Waals surface area contributed by atoms with E-state index >= 15 is 0 Å². The van der Waals surface area contributed by atoms with Crippen LogP contribution in [0.2, 0.25) is 0 Å². The van der Waals surface area contributed by atoms with Crippen LogP contribution in [0.15, 0.2) is 36.5 Å². The number of carboxylic acids is 1. The monoisotopic (exact) mass is 440 g/mol. The van der Waals surface area contributed by atoms with Gasteiger partial charge in [-0.25, -0.2) is 0 Å². The number of carboxylic acid groups (broad SMARTS) is 1. The van der Waals surface area contributed by atoms with Gasteiger partial charge in [-0.2, -0.15) is 0 Å². The number of pyridine rings is 1. The summed E-state index contributed by atoms with van der Waals surface area (Å²) >= 11 is 0. The van der Waals surface area contributed by atoms with Crippen molar-refractivity contribution in [2.24, 2.45) is 0 Å². The first-order valence-corrected chi connectivity index (χ1v) is 5.31. The summed E-state index contributed by atoms with van der Waals surface area (Å²) in [6, 6.07) is 11.6. The number of aromatic nitrogens is 1. The zero-order chi connectivity index (χ0) is 13.5. The third-order valence-electron chi connectivity index (χ3n) is 2.03. The number of aliphatic hydroxyl groups excluding tert-OH is 1. The molecule has 3 nitrogen and oxygen atoms in total. The average molecular weight is 439 g/mol. The molecule has 0 saturated heterocycles. The van der Waals surface area contributed by atoms with Crippen molar-refractivity contribution in [3.63, 3.8) is 0 Å². The Bertz CT molecular complexity index is 528. The van der Waals surface area contributed by atoms with E-state index in [4.69, 9.17) is 9.90 Å². The Hall–Kier alpha value is -1.58. The van der Waals surface area contributed by atoms with E-state index < -0.39 is 5.97 Å². The molecule has 1 heterocycles. The second-order valence-corrected chi connectivity index (χ2v) is 3.64. The van der Waals surface area contributed by atoms with E-state index in [1.54, 1.807) is 19.2 Å². The maximum atomic E-state index is 13.0. The molecule has 0 spiro atoms. The summed E-state index contributed by atoms with van der Waals surface area (Å²) in [7, 11) is 0. The Labute approximate surface area is 124 Å². The number of aryl methyl sites for hydroxylation is 1. The van der Waals surface area contributed by atoms with Crippen LogP contribution in [-0.2, 0) is 20.1 Å². The predicted molar refractivity (Wildman–Crippen MR) is 68.4 cm³/mol. The summed E-state index contributed by atoms with van der Waals surface area (Å²) in [5.41, 5.74) is 2.25. The largest absolute Gasteiger partial charge is 0.477 e. The normalized spacial score (nSPS) is 8.79. The third-order valence-corrected chi connectivity index (χ3v) is 2.03. The van der Waals surface area contributed by atoms with Gasteiger partial charge in [-0.15, -0.1) is 23.8 Å². The molecule has 0 saturated carbocycles. The summed E-state index contributed by atoms with van der Waals surface area (Å²) in [4.78, 5) is 11.7. The number of hydrogen-bond donors (Lipinski definition) is 1. The van der Waals surface area contributed by atoms with Crippen molar-refractivity contribution >= 4 is 5.97 Å². The van der Waals surface area contributed by atoms with Crippen molar-refractivity contribution < 1.29 is 34.4 Å². The van der Waals surface area contributed by atoms with Crippen LogP contribution >= 0.6 is 0 Å². The zero-order valence-corrected chi connectivity index (χ0v) is 12.9. The van der Waals surface area contributed by atoms with E-state index in [1.165, 1.54) is 13.0 Å². The van der Waals surface area contributed by atoms with Crippen LogP contribution in [0.4, 0.5) is 4.39 Å². The van der Waals surface area contributed by atoms with Gasteiger partial charge >= 0.3 is 5.97 Å². The van der Waals surface area contributed by atoms with Crippen molar-refractivity contribution in [3.05, 3.63) is 54.0 Å². The molecule has 2 N–H and O–H groups in total. The van der Waals surface area contributed by atoms with Crippen LogP contribution in [0.1, 0.15) is 12.5 Å². The van der Waals surface area contributed by atoms with Gasteiger partial charge in [-0.05, 0) is 11.8 Å². The fourth-order valence-corrected chi connectivity index (χ4v) is 1.25. The van der Waals surface area contributed by atoms with E-state index in [9.17, 15) is 4.39 Å². The van der Waals surface area contributed by atoms with Crippen LogP contribution in [0.25, 0.3) is 11.3 Å². The molecular formula is C14H14FIrNO2.